The molecule has 8 heteroatoms. The molecule has 7 nitrogen and oxygen atoms in total. The van der Waals surface area contributed by atoms with E-state index in [1.165, 1.54) is 0 Å². The second-order valence-corrected chi connectivity index (χ2v) is 7.08. The number of methoxy groups -OCH3 is 1. The van der Waals surface area contributed by atoms with E-state index in [2.05, 4.69) is 20.2 Å². The number of benzene rings is 1. The summed E-state index contributed by atoms with van der Waals surface area (Å²) in [5.74, 6) is 0.823. The van der Waals surface area contributed by atoms with E-state index in [4.69, 9.17) is 4.74 Å². The first-order chi connectivity index (χ1) is 11.6. The molecule has 0 aliphatic rings. The van der Waals surface area contributed by atoms with Gasteiger partial charge in [0.05, 0.1) is 12.4 Å². The van der Waals surface area contributed by atoms with E-state index < -0.39 is 10.0 Å². The molecule has 0 spiro atoms. The van der Waals surface area contributed by atoms with Crippen LogP contribution >= 0.6 is 0 Å². The van der Waals surface area contributed by atoms with Gasteiger partial charge in [0.15, 0.2) is 5.82 Å². The summed E-state index contributed by atoms with van der Waals surface area (Å²) in [4.78, 5) is 0. The lowest BCUT2D eigenvalue weighted by Crippen LogP contribution is -2.18. The Hall–Kier alpha value is -2.19. The van der Waals surface area contributed by atoms with Gasteiger partial charge in [0, 0.05) is 13.7 Å². The number of sulfonamides is 1. The van der Waals surface area contributed by atoms with Crippen molar-refractivity contribution in [3.05, 3.63) is 48.0 Å². The fraction of sp³-hybridized carbons (Fsp3) is 0.375. The molecule has 0 atom stereocenters. The fourth-order valence-corrected chi connectivity index (χ4v) is 3.14. The van der Waals surface area contributed by atoms with Crippen molar-refractivity contribution in [2.75, 3.05) is 36.1 Å². The zero-order valence-electron chi connectivity index (χ0n) is 13.6. The first-order valence-electron chi connectivity index (χ1n) is 7.70. The summed E-state index contributed by atoms with van der Waals surface area (Å²) in [7, 11) is -1.82. The van der Waals surface area contributed by atoms with Crippen LogP contribution in [0.15, 0.2) is 42.5 Å². The third-order valence-electron chi connectivity index (χ3n) is 3.26. The summed E-state index contributed by atoms with van der Waals surface area (Å²) in [6.45, 7) is 1.16. The summed E-state index contributed by atoms with van der Waals surface area (Å²) in [5.41, 5.74) is 1.12. The van der Waals surface area contributed by atoms with Crippen LogP contribution in [0.4, 0.5) is 11.6 Å². The number of rotatable bonds is 10. The Morgan fingerprint density at radius 2 is 1.75 bits per heavy atom. The van der Waals surface area contributed by atoms with Crippen LogP contribution in [-0.4, -0.2) is 44.6 Å². The van der Waals surface area contributed by atoms with E-state index in [1.807, 2.05) is 30.3 Å². The van der Waals surface area contributed by atoms with Crippen LogP contribution in [-0.2, 0) is 21.2 Å². The monoisotopic (exact) mass is 350 g/mol. The zero-order valence-corrected chi connectivity index (χ0v) is 14.4. The van der Waals surface area contributed by atoms with Crippen LogP contribution in [0.1, 0.15) is 12.0 Å². The Morgan fingerprint density at radius 1 is 1.04 bits per heavy atom. The van der Waals surface area contributed by atoms with Crippen LogP contribution in [0.5, 0.6) is 0 Å². The Kier molecular flexibility index (Phi) is 6.95. The average molecular weight is 350 g/mol. The first kappa shape index (κ1) is 18.2. The molecule has 0 aliphatic heterocycles. The molecule has 2 rings (SSSR count). The molecular formula is C16H22N4O3S. The molecule has 0 fully saturated rings. The van der Waals surface area contributed by atoms with Gasteiger partial charge in [0.1, 0.15) is 5.82 Å². The Labute approximate surface area is 142 Å². The van der Waals surface area contributed by atoms with E-state index in [1.54, 1.807) is 19.2 Å². The van der Waals surface area contributed by atoms with Gasteiger partial charge in [-0.25, -0.2) is 8.42 Å². The van der Waals surface area contributed by atoms with Crippen LogP contribution in [0.2, 0.25) is 0 Å². The van der Waals surface area contributed by atoms with Gasteiger partial charge in [-0.15, -0.1) is 10.2 Å². The van der Waals surface area contributed by atoms with Gasteiger partial charge in [-0.05, 0) is 30.5 Å². The Bertz CT molecular complexity index is 706. The molecule has 0 saturated carbocycles. The average Bonchev–Trinajstić information content (AvgIpc) is 2.57. The van der Waals surface area contributed by atoms with Gasteiger partial charge in [-0.3, -0.25) is 4.72 Å². The van der Waals surface area contributed by atoms with E-state index in [0.29, 0.717) is 25.4 Å². The minimum atomic E-state index is -3.43. The normalized spacial score (nSPS) is 11.2. The lowest BCUT2D eigenvalue weighted by atomic mass is 10.1. The zero-order chi connectivity index (χ0) is 17.3. The van der Waals surface area contributed by atoms with Gasteiger partial charge < -0.3 is 10.1 Å². The second kappa shape index (κ2) is 9.19. The fourth-order valence-electron chi connectivity index (χ4n) is 2.08. The summed E-state index contributed by atoms with van der Waals surface area (Å²) in [6, 6.07) is 13.1. The number of aryl methyl sites for hydroxylation is 1. The van der Waals surface area contributed by atoms with Crippen LogP contribution in [0.25, 0.3) is 0 Å². The molecule has 1 aromatic heterocycles. The summed E-state index contributed by atoms with van der Waals surface area (Å²) in [6.07, 6.45) is 1.26. The van der Waals surface area contributed by atoms with Crippen molar-refractivity contribution in [2.45, 2.75) is 12.8 Å². The predicted octanol–water partition coefficient (Wildman–Crippen LogP) is 1.91. The molecule has 0 unspecified atom stereocenters. The first-order valence-corrected chi connectivity index (χ1v) is 9.35. The summed E-state index contributed by atoms with van der Waals surface area (Å²) >= 11 is 0. The molecule has 0 amide bonds. The number of hydrogen-bond donors (Lipinski definition) is 2. The van der Waals surface area contributed by atoms with Crippen molar-refractivity contribution in [1.82, 2.24) is 10.2 Å². The number of nitrogens with one attached hydrogen (secondary N) is 2. The third-order valence-corrected chi connectivity index (χ3v) is 4.60. The lowest BCUT2D eigenvalue weighted by Gasteiger charge is -2.08. The summed E-state index contributed by atoms with van der Waals surface area (Å²) < 4.78 is 31.5. The standard InChI is InChI=1S/C16H22N4O3S/c1-23-12-11-17-15-9-10-16(19-18-15)20-24(21,22)13-5-8-14-6-3-2-4-7-14/h2-4,6-7,9-10H,5,8,11-13H2,1H3,(H,17,18)(H,19,20). The van der Waals surface area contributed by atoms with Crippen LogP contribution in [0.3, 0.4) is 0 Å². The highest BCUT2D eigenvalue weighted by atomic mass is 32.2. The SMILES string of the molecule is COCCNc1ccc(NS(=O)(=O)CCCc2ccccc2)nn1. The molecule has 130 valence electrons. The van der Waals surface area contributed by atoms with Crippen LogP contribution < -0.4 is 10.0 Å². The highest BCUT2D eigenvalue weighted by Gasteiger charge is 2.11. The number of nitrogens with zero attached hydrogens (tertiary/aromatic N) is 2. The van der Waals surface area contributed by atoms with Gasteiger partial charge in [0.25, 0.3) is 0 Å². The molecular weight excluding hydrogens is 328 g/mol. The lowest BCUT2D eigenvalue weighted by molar-refractivity contribution is 0.210. The molecule has 24 heavy (non-hydrogen) atoms. The van der Waals surface area contributed by atoms with Gasteiger partial charge in [-0.1, -0.05) is 30.3 Å². The van der Waals surface area contributed by atoms with Crippen molar-refractivity contribution in [3.8, 4) is 0 Å². The van der Waals surface area contributed by atoms with Crippen LogP contribution in [0, 0.1) is 0 Å². The second-order valence-electron chi connectivity index (χ2n) is 5.23. The van der Waals surface area contributed by atoms with E-state index in [-0.39, 0.29) is 11.6 Å². The quantitative estimate of drug-likeness (QED) is 0.636. The van der Waals surface area contributed by atoms with Crippen molar-refractivity contribution >= 4 is 21.7 Å². The maximum atomic E-state index is 12.1. The van der Waals surface area contributed by atoms with E-state index >= 15 is 0 Å². The molecule has 2 aromatic rings. The highest BCUT2D eigenvalue weighted by molar-refractivity contribution is 7.92. The summed E-state index contributed by atoms with van der Waals surface area (Å²) in [5, 5.41) is 10.8. The van der Waals surface area contributed by atoms with Crippen molar-refractivity contribution in [1.29, 1.82) is 0 Å². The molecule has 1 aromatic carbocycles. The number of aromatic nitrogens is 2. The molecule has 0 aliphatic carbocycles. The van der Waals surface area contributed by atoms with Gasteiger partial charge in [0.2, 0.25) is 10.0 Å². The maximum Gasteiger partial charge on any atom is 0.233 e. The smallest absolute Gasteiger partial charge is 0.233 e. The van der Waals surface area contributed by atoms with Gasteiger partial charge >= 0.3 is 0 Å². The van der Waals surface area contributed by atoms with E-state index in [9.17, 15) is 8.42 Å². The van der Waals surface area contributed by atoms with Gasteiger partial charge in [-0.2, -0.15) is 0 Å². The number of hydrogen-bond acceptors (Lipinski definition) is 6. The number of anilines is 2. The molecule has 0 radical (unpaired) electrons. The topological polar surface area (TPSA) is 93.2 Å². The van der Waals surface area contributed by atoms with Crippen molar-refractivity contribution in [3.63, 3.8) is 0 Å². The molecule has 0 saturated heterocycles. The van der Waals surface area contributed by atoms with Crippen molar-refractivity contribution in [2.24, 2.45) is 0 Å². The number of ether oxygens (including phenoxy) is 1. The highest BCUT2D eigenvalue weighted by Crippen LogP contribution is 2.09. The Morgan fingerprint density at radius 3 is 2.42 bits per heavy atom. The third kappa shape index (κ3) is 6.51. The predicted molar refractivity (Wildman–Crippen MR) is 94.6 cm³/mol. The molecule has 2 N–H and O–H groups in total. The Balaban J connectivity index is 1.80. The maximum absolute atomic E-state index is 12.1. The molecule has 1 heterocycles. The molecule has 0 bridgehead atoms. The largest absolute Gasteiger partial charge is 0.383 e. The minimum absolute atomic E-state index is 0.0391. The minimum Gasteiger partial charge on any atom is -0.383 e. The van der Waals surface area contributed by atoms with Crippen molar-refractivity contribution < 1.29 is 13.2 Å². The van der Waals surface area contributed by atoms with E-state index in [0.717, 1.165) is 12.0 Å².